The molecule has 0 bridgehead atoms. The number of benzene rings is 1. The molecule has 4 heteroatoms. The lowest BCUT2D eigenvalue weighted by Gasteiger charge is -2.15. The zero-order chi connectivity index (χ0) is 14.8. The number of aromatic nitrogens is 1. The molecule has 21 heavy (non-hydrogen) atoms. The first-order chi connectivity index (χ1) is 10.2. The minimum Gasteiger partial charge on any atom is -0.391 e. The second kappa shape index (κ2) is 6.16. The van der Waals surface area contributed by atoms with E-state index >= 15 is 0 Å². The Morgan fingerprint density at radius 3 is 2.71 bits per heavy atom. The van der Waals surface area contributed by atoms with Crippen molar-refractivity contribution in [2.24, 2.45) is 0 Å². The van der Waals surface area contributed by atoms with E-state index in [1.165, 1.54) is 12.0 Å². The van der Waals surface area contributed by atoms with Gasteiger partial charge in [-0.15, -0.1) is 0 Å². The lowest BCUT2D eigenvalue weighted by atomic mass is 9.99. The van der Waals surface area contributed by atoms with Gasteiger partial charge in [-0.25, -0.2) is 4.98 Å². The van der Waals surface area contributed by atoms with Gasteiger partial charge < -0.3 is 10.0 Å². The van der Waals surface area contributed by atoms with E-state index in [0.717, 1.165) is 28.8 Å². The number of aliphatic hydroxyl groups excluding tert-OH is 1. The standard InChI is InChI=1S/C17H22N2OS/c1-12(2)16-15(11-20)21-17(18-16)19-9-8-14(10-19)13-6-4-3-5-7-13/h3-7,12,14,20H,8-11H2,1-2H3. The maximum absolute atomic E-state index is 9.51. The summed E-state index contributed by atoms with van der Waals surface area (Å²) in [5.41, 5.74) is 2.48. The van der Waals surface area contributed by atoms with Crippen molar-refractivity contribution in [2.45, 2.75) is 38.7 Å². The highest BCUT2D eigenvalue weighted by molar-refractivity contribution is 7.15. The van der Waals surface area contributed by atoms with Crippen molar-refractivity contribution in [3.05, 3.63) is 46.5 Å². The van der Waals surface area contributed by atoms with Crippen LogP contribution in [0.3, 0.4) is 0 Å². The van der Waals surface area contributed by atoms with Crippen LogP contribution in [0.5, 0.6) is 0 Å². The second-order valence-corrected chi connectivity index (χ2v) is 7.02. The molecule has 0 spiro atoms. The van der Waals surface area contributed by atoms with Gasteiger partial charge in [-0.1, -0.05) is 55.5 Å². The third-order valence-corrected chi connectivity index (χ3v) is 5.25. The predicted octanol–water partition coefficient (Wildman–Crippen LogP) is 3.75. The highest BCUT2D eigenvalue weighted by atomic mass is 32.1. The summed E-state index contributed by atoms with van der Waals surface area (Å²) >= 11 is 1.65. The maximum Gasteiger partial charge on any atom is 0.185 e. The average molecular weight is 302 g/mol. The van der Waals surface area contributed by atoms with Gasteiger partial charge in [0.15, 0.2) is 5.13 Å². The fraction of sp³-hybridized carbons (Fsp3) is 0.471. The molecule has 0 saturated carbocycles. The third-order valence-electron chi connectivity index (χ3n) is 4.14. The topological polar surface area (TPSA) is 36.4 Å². The Balaban J connectivity index is 1.77. The van der Waals surface area contributed by atoms with Gasteiger partial charge in [0.2, 0.25) is 0 Å². The first-order valence-electron chi connectivity index (χ1n) is 7.59. The molecule has 1 N–H and O–H groups in total. The third kappa shape index (κ3) is 2.97. The molecule has 1 fully saturated rings. The molecule has 0 aliphatic carbocycles. The van der Waals surface area contributed by atoms with Crippen LogP contribution in [0.1, 0.15) is 48.2 Å². The predicted molar refractivity (Wildman–Crippen MR) is 88.1 cm³/mol. The van der Waals surface area contributed by atoms with Crippen LogP contribution in [-0.2, 0) is 6.61 Å². The van der Waals surface area contributed by atoms with Crippen LogP contribution >= 0.6 is 11.3 Å². The maximum atomic E-state index is 9.51. The van der Waals surface area contributed by atoms with Crippen LogP contribution in [-0.4, -0.2) is 23.2 Å². The Labute approximate surface area is 130 Å². The molecule has 1 saturated heterocycles. The van der Waals surface area contributed by atoms with Gasteiger partial charge in [0.05, 0.1) is 17.2 Å². The number of nitrogens with zero attached hydrogens (tertiary/aromatic N) is 2. The average Bonchev–Trinajstić information content (AvgIpc) is 3.14. The highest BCUT2D eigenvalue weighted by Gasteiger charge is 2.27. The van der Waals surface area contributed by atoms with E-state index in [4.69, 9.17) is 4.98 Å². The van der Waals surface area contributed by atoms with Crippen molar-refractivity contribution in [2.75, 3.05) is 18.0 Å². The van der Waals surface area contributed by atoms with E-state index in [9.17, 15) is 5.11 Å². The molecular weight excluding hydrogens is 280 g/mol. The van der Waals surface area contributed by atoms with Crippen LogP contribution in [0.25, 0.3) is 0 Å². The molecule has 2 aromatic rings. The quantitative estimate of drug-likeness (QED) is 0.934. The number of hydrogen-bond donors (Lipinski definition) is 1. The molecule has 1 aromatic carbocycles. The first-order valence-corrected chi connectivity index (χ1v) is 8.41. The number of thiazole rings is 1. The fourth-order valence-corrected chi connectivity index (χ4v) is 4.09. The van der Waals surface area contributed by atoms with E-state index in [1.54, 1.807) is 11.3 Å². The van der Waals surface area contributed by atoms with Crippen LogP contribution in [0.2, 0.25) is 0 Å². The van der Waals surface area contributed by atoms with Crippen molar-refractivity contribution in [1.82, 2.24) is 4.98 Å². The normalized spacial score (nSPS) is 18.7. The van der Waals surface area contributed by atoms with Crippen molar-refractivity contribution < 1.29 is 5.11 Å². The fourth-order valence-electron chi connectivity index (χ4n) is 2.98. The summed E-state index contributed by atoms with van der Waals surface area (Å²) in [5, 5.41) is 10.6. The Kier molecular flexibility index (Phi) is 4.27. The summed E-state index contributed by atoms with van der Waals surface area (Å²) in [6.45, 7) is 6.44. The zero-order valence-electron chi connectivity index (χ0n) is 12.6. The van der Waals surface area contributed by atoms with E-state index < -0.39 is 0 Å². The molecule has 2 heterocycles. The number of hydrogen-bond acceptors (Lipinski definition) is 4. The summed E-state index contributed by atoms with van der Waals surface area (Å²) in [4.78, 5) is 8.16. The Morgan fingerprint density at radius 1 is 1.33 bits per heavy atom. The first kappa shape index (κ1) is 14.5. The van der Waals surface area contributed by atoms with Gasteiger partial charge in [-0.3, -0.25) is 0 Å². The lowest BCUT2D eigenvalue weighted by molar-refractivity contribution is 0.283. The number of anilines is 1. The van der Waals surface area contributed by atoms with Gasteiger partial charge in [0, 0.05) is 19.0 Å². The molecule has 1 unspecified atom stereocenters. The molecule has 0 radical (unpaired) electrons. The highest BCUT2D eigenvalue weighted by Crippen LogP contribution is 2.35. The number of aliphatic hydroxyl groups is 1. The largest absolute Gasteiger partial charge is 0.391 e. The van der Waals surface area contributed by atoms with Crippen LogP contribution < -0.4 is 4.90 Å². The minimum atomic E-state index is 0.0983. The van der Waals surface area contributed by atoms with Gasteiger partial charge in [-0.05, 0) is 17.9 Å². The number of rotatable bonds is 4. The van der Waals surface area contributed by atoms with Crippen LogP contribution in [0.15, 0.2) is 30.3 Å². The van der Waals surface area contributed by atoms with E-state index in [-0.39, 0.29) is 6.61 Å². The lowest BCUT2D eigenvalue weighted by Crippen LogP contribution is -2.19. The molecule has 1 aromatic heterocycles. The van der Waals surface area contributed by atoms with Gasteiger partial charge >= 0.3 is 0 Å². The minimum absolute atomic E-state index is 0.0983. The summed E-state index contributed by atoms with van der Waals surface area (Å²) < 4.78 is 0. The molecule has 0 amide bonds. The van der Waals surface area contributed by atoms with Crippen LogP contribution in [0, 0.1) is 0 Å². The zero-order valence-corrected chi connectivity index (χ0v) is 13.4. The Morgan fingerprint density at radius 2 is 2.10 bits per heavy atom. The van der Waals surface area contributed by atoms with Gasteiger partial charge in [-0.2, -0.15) is 0 Å². The summed E-state index contributed by atoms with van der Waals surface area (Å²) in [7, 11) is 0. The Hall–Kier alpha value is -1.39. The monoisotopic (exact) mass is 302 g/mol. The second-order valence-electron chi connectivity index (χ2n) is 5.96. The van der Waals surface area contributed by atoms with Crippen molar-refractivity contribution in [1.29, 1.82) is 0 Å². The molecule has 1 atom stereocenters. The van der Waals surface area contributed by atoms with Gasteiger partial charge in [0.1, 0.15) is 0 Å². The molecule has 3 rings (SSSR count). The summed E-state index contributed by atoms with van der Waals surface area (Å²) in [6.07, 6.45) is 1.18. The summed E-state index contributed by atoms with van der Waals surface area (Å²) in [5.74, 6) is 0.958. The van der Waals surface area contributed by atoms with Crippen molar-refractivity contribution in [3.63, 3.8) is 0 Å². The van der Waals surface area contributed by atoms with E-state index in [1.807, 2.05) is 0 Å². The molecule has 1 aliphatic rings. The summed E-state index contributed by atoms with van der Waals surface area (Å²) in [6, 6.07) is 10.7. The SMILES string of the molecule is CC(C)c1nc(N2CCC(c3ccccc3)C2)sc1CO. The van der Waals surface area contributed by atoms with E-state index in [0.29, 0.717) is 11.8 Å². The van der Waals surface area contributed by atoms with Crippen LogP contribution in [0.4, 0.5) is 5.13 Å². The molecule has 3 nitrogen and oxygen atoms in total. The van der Waals surface area contributed by atoms with E-state index in [2.05, 4.69) is 49.1 Å². The van der Waals surface area contributed by atoms with Gasteiger partial charge in [0.25, 0.3) is 0 Å². The molecule has 112 valence electrons. The molecular formula is C17H22N2OS. The van der Waals surface area contributed by atoms with Crippen molar-refractivity contribution >= 4 is 16.5 Å². The van der Waals surface area contributed by atoms with Crippen molar-refractivity contribution in [3.8, 4) is 0 Å². The smallest absolute Gasteiger partial charge is 0.185 e. The Bertz CT molecular complexity index is 594. The molecule has 1 aliphatic heterocycles.